The topological polar surface area (TPSA) is 38.1 Å². The van der Waals surface area contributed by atoms with E-state index in [1.165, 1.54) is 12.8 Å². The van der Waals surface area contributed by atoms with Crippen molar-refractivity contribution in [2.24, 2.45) is 0 Å². The van der Waals surface area contributed by atoms with Crippen LogP contribution >= 0.6 is 0 Å². The highest BCUT2D eigenvalue weighted by atomic mass is 16.3. The summed E-state index contributed by atoms with van der Waals surface area (Å²) in [4.78, 5) is 4.08. The summed E-state index contributed by atoms with van der Waals surface area (Å²) in [5.74, 6) is 1.88. The minimum atomic E-state index is 0.715. The van der Waals surface area contributed by atoms with E-state index < -0.39 is 0 Å². The molecule has 2 aromatic rings. The van der Waals surface area contributed by atoms with E-state index in [1.54, 1.807) is 6.20 Å². The molecule has 0 spiro atoms. The van der Waals surface area contributed by atoms with Crippen molar-refractivity contribution in [2.45, 2.75) is 25.4 Å². The Morgan fingerprint density at radius 2 is 2.25 bits per heavy atom. The molecule has 1 saturated carbocycles. The standard InChI is InChI=1S/C13H14N2O/c1-2-10(8-14-7-1)13-6-5-12(16-13)9-15-11-3-4-11/h1-2,5-8,11,15H,3-4,9H2. The second kappa shape index (κ2) is 4.10. The second-order valence-electron chi connectivity index (χ2n) is 4.16. The van der Waals surface area contributed by atoms with Crippen LogP contribution in [0, 0.1) is 0 Å². The smallest absolute Gasteiger partial charge is 0.135 e. The van der Waals surface area contributed by atoms with Gasteiger partial charge in [0.25, 0.3) is 0 Å². The van der Waals surface area contributed by atoms with Crippen LogP contribution in [0.5, 0.6) is 0 Å². The molecule has 3 nitrogen and oxygen atoms in total. The van der Waals surface area contributed by atoms with Crippen LogP contribution in [0.15, 0.2) is 41.1 Å². The fraction of sp³-hybridized carbons (Fsp3) is 0.308. The number of rotatable bonds is 4. The quantitative estimate of drug-likeness (QED) is 0.850. The molecule has 2 aromatic heterocycles. The minimum Gasteiger partial charge on any atom is -0.460 e. The second-order valence-corrected chi connectivity index (χ2v) is 4.16. The summed E-state index contributed by atoms with van der Waals surface area (Å²) in [6.07, 6.45) is 6.19. The van der Waals surface area contributed by atoms with Gasteiger partial charge in [-0.3, -0.25) is 4.98 Å². The molecule has 1 aliphatic rings. The molecule has 3 heteroatoms. The van der Waals surface area contributed by atoms with E-state index >= 15 is 0 Å². The molecule has 0 radical (unpaired) electrons. The van der Waals surface area contributed by atoms with Gasteiger partial charge < -0.3 is 9.73 Å². The van der Waals surface area contributed by atoms with Crippen molar-refractivity contribution in [3.63, 3.8) is 0 Å². The highest BCUT2D eigenvalue weighted by molar-refractivity contribution is 5.55. The maximum absolute atomic E-state index is 5.75. The Balaban J connectivity index is 1.71. The van der Waals surface area contributed by atoms with E-state index in [0.717, 1.165) is 23.6 Å². The van der Waals surface area contributed by atoms with Gasteiger partial charge in [0.2, 0.25) is 0 Å². The first-order valence-electron chi connectivity index (χ1n) is 5.64. The maximum Gasteiger partial charge on any atom is 0.135 e. The third-order valence-electron chi connectivity index (χ3n) is 2.75. The summed E-state index contributed by atoms with van der Waals surface area (Å²) in [5, 5.41) is 3.43. The van der Waals surface area contributed by atoms with Crippen LogP contribution in [0.1, 0.15) is 18.6 Å². The summed E-state index contributed by atoms with van der Waals surface area (Å²) in [5.41, 5.74) is 1.03. The minimum absolute atomic E-state index is 0.715. The van der Waals surface area contributed by atoms with Gasteiger partial charge in [0.05, 0.1) is 6.54 Å². The van der Waals surface area contributed by atoms with E-state index in [4.69, 9.17) is 4.42 Å². The van der Waals surface area contributed by atoms with E-state index in [0.29, 0.717) is 6.04 Å². The molecule has 1 N–H and O–H groups in total. The van der Waals surface area contributed by atoms with Gasteiger partial charge in [-0.05, 0) is 37.1 Å². The molecule has 0 aromatic carbocycles. The zero-order valence-electron chi connectivity index (χ0n) is 9.02. The first kappa shape index (κ1) is 9.60. The number of hydrogen-bond acceptors (Lipinski definition) is 3. The van der Waals surface area contributed by atoms with Gasteiger partial charge in [-0.25, -0.2) is 0 Å². The SMILES string of the molecule is c1cncc(-c2ccc(CNC3CC3)o2)c1. The number of furan rings is 1. The van der Waals surface area contributed by atoms with Gasteiger partial charge >= 0.3 is 0 Å². The van der Waals surface area contributed by atoms with E-state index in [-0.39, 0.29) is 0 Å². The van der Waals surface area contributed by atoms with Crippen molar-refractivity contribution >= 4 is 0 Å². The van der Waals surface area contributed by atoms with Gasteiger partial charge in [-0.1, -0.05) is 0 Å². The third-order valence-corrected chi connectivity index (χ3v) is 2.75. The van der Waals surface area contributed by atoms with Crippen molar-refractivity contribution in [3.05, 3.63) is 42.4 Å². The molecule has 0 bridgehead atoms. The molecule has 0 saturated heterocycles. The molecule has 1 aliphatic carbocycles. The van der Waals surface area contributed by atoms with Gasteiger partial charge in [-0.15, -0.1) is 0 Å². The predicted molar refractivity (Wildman–Crippen MR) is 61.8 cm³/mol. The highest BCUT2D eigenvalue weighted by Gasteiger charge is 2.20. The highest BCUT2D eigenvalue weighted by Crippen LogP contribution is 2.23. The van der Waals surface area contributed by atoms with Crippen LogP contribution in [-0.4, -0.2) is 11.0 Å². The zero-order valence-corrected chi connectivity index (χ0v) is 9.02. The summed E-state index contributed by atoms with van der Waals surface area (Å²) < 4.78 is 5.75. The fourth-order valence-electron chi connectivity index (χ4n) is 1.67. The molecule has 0 amide bonds. The lowest BCUT2D eigenvalue weighted by Gasteiger charge is -1.98. The lowest BCUT2D eigenvalue weighted by molar-refractivity contribution is 0.492. The lowest BCUT2D eigenvalue weighted by atomic mass is 10.2. The first-order chi connectivity index (χ1) is 7.92. The Kier molecular flexibility index (Phi) is 2.46. The zero-order chi connectivity index (χ0) is 10.8. The van der Waals surface area contributed by atoms with Crippen LogP contribution in [0.4, 0.5) is 0 Å². The number of hydrogen-bond donors (Lipinski definition) is 1. The van der Waals surface area contributed by atoms with Crippen LogP contribution in [-0.2, 0) is 6.54 Å². The van der Waals surface area contributed by atoms with Crippen molar-refractivity contribution in [1.82, 2.24) is 10.3 Å². The Bertz CT molecular complexity index is 460. The monoisotopic (exact) mass is 214 g/mol. The largest absolute Gasteiger partial charge is 0.460 e. The molecule has 3 rings (SSSR count). The Morgan fingerprint density at radius 3 is 3.00 bits per heavy atom. The summed E-state index contributed by atoms with van der Waals surface area (Å²) in [6, 6.07) is 8.66. The molecule has 0 unspecified atom stereocenters. The van der Waals surface area contributed by atoms with Crippen LogP contribution in [0.3, 0.4) is 0 Å². The average molecular weight is 214 g/mol. The van der Waals surface area contributed by atoms with Crippen LogP contribution < -0.4 is 5.32 Å². The van der Waals surface area contributed by atoms with Crippen LogP contribution in [0.25, 0.3) is 11.3 Å². The molecule has 0 aliphatic heterocycles. The van der Waals surface area contributed by atoms with E-state index in [2.05, 4.69) is 10.3 Å². The molecule has 82 valence electrons. The first-order valence-corrected chi connectivity index (χ1v) is 5.64. The van der Waals surface area contributed by atoms with Gasteiger partial charge in [-0.2, -0.15) is 0 Å². The molecule has 1 fully saturated rings. The van der Waals surface area contributed by atoms with Gasteiger partial charge in [0.15, 0.2) is 0 Å². The van der Waals surface area contributed by atoms with Crippen molar-refractivity contribution in [3.8, 4) is 11.3 Å². The van der Waals surface area contributed by atoms with Gasteiger partial charge in [0, 0.05) is 24.0 Å². The fourth-order valence-corrected chi connectivity index (χ4v) is 1.67. The summed E-state index contributed by atoms with van der Waals surface area (Å²) >= 11 is 0. The molecular formula is C13H14N2O. The number of nitrogens with zero attached hydrogens (tertiary/aromatic N) is 1. The predicted octanol–water partition coefficient (Wildman–Crippen LogP) is 2.59. The molecular weight excluding hydrogens is 200 g/mol. The Labute approximate surface area is 94.5 Å². The van der Waals surface area contributed by atoms with Crippen molar-refractivity contribution in [1.29, 1.82) is 0 Å². The molecule has 0 atom stereocenters. The van der Waals surface area contributed by atoms with Crippen molar-refractivity contribution < 1.29 is 4.42 Å². The molecule has 2 heterocycles. The average Bonchev–Trinajstić information content (AvgIpc) is 3.05. The van der Waals surface area contributed by atoms with E-state index in [9.17, 15) is 0 Å². The van der Waals surface area contributed by atoms with E-state index in [1.807, 2.05) is 30.5 Å². The van der Waals surface area contributed by atoms with Crippen LogP contribution in [0.2, 0.25) is 0 Å². The Hall–Kier alpha value is -1.61. The normalized spacial score (nSPS) is 15.2. The molecule has 16 heavy (non-hydrogen) atoms. The summed E-state index contributed by atoms with van der Waals surface area (Å²) in [7, 11) is 0. The van der Waals surface area contributed by atoms with Crippen molar-refractivity contribution in [2.75, 3.05) is 0 Å². The lowest BCUT2D eigenvalue weighted by Crippen LogP contribution is -2.14. The third kappa shape index (κ3) is 2.14. The Morgan fingerprint density at radius 1 is 1.31 bits per heavy atom. The van der Waals surface area contributed by atoms with Gasteiger partial charge in [0.1, 0.15) is 11.5 Å². The number of nitrogens with one attached hydrogen (secondary N) is 1. The number of pyridine rings is 1. The number of aromatic nitrogens is 1. The maximum atomic E-state index is 5.75. The summed E-state index contributed by atoms with van der Waals surface area (Å²) in [6.45, 7) is 0.824.